The van der Waals surface area contributed by atoms with E-state index in [0.717, 1.165) is 38.5 Å². The summed E-state index contributed by atoms with van der Waals surface area (Å²) in [6, 6.07) is 0. The fourth-order valence-corrected chi connectivity index (χ4v) is 3.37. The van der Waals surface area contributed by atoms with E-state index in [0.29, 0.717) is 6.54 Å². The minimum Gasteiger partial charge on any atom is -0.550 e. The number of nitrogens with zero attached hydrogens (tertiary/aromatic N) is 1. The van der Waals surface area contributed by atoms with Crippen LogP contribution in [0, 0.1) is 0 Å². The van der Waals surface area contributed by atoms with Crippen molar-refractivity contribution in [3.05, 3.63) is 12.2 Å². The standard InChI is InChI=1S/C21H37NO6/c1-2-3-4-5-6-7-8-9-10-11-15-22(16-12-19(23)24,17-13-20(25)26)18-14-21(27)28/h3-4H,2,5-18H2,1H3,(H2-,23,24,25,26,27,28)/b4-3+. The van der Waals surface area contributed by atoms with Gasteiger partial charge in [0.2, 0.25) is 0 Å². The summed E-state index contributed by atoms with van der Waals surface area (Å²) < 4.78 is 0.217. The van der Waals surface area contributed by atoms with E-state index in [1.807, 2.05) is 0 Å². The maximum Gasteiger partial charge on any atom is 0.309 e. The molecule has 0 aromatic carbocycles. The summed E-state index contributed by atoms with van der Waals surface area (Å²) in [4.78, 5) is 32.9. The van der Waals surface area contributed by atoms with Gasteiger partial charge < -0.3 is 24.6 Å². The molecule has 7 heteroatoms. The van der Waals surface area contributed by atoms with Crippen LogP contribution in [-0.2, 0) is 14.4 Å². The molecule has 0 unspecified atom stereocenters. The van der Waals surface area contributed by atoms with Crippen LogP contribution in [0.5, 0.6) is 0 Å². The van der Waals surface area contributed by atoms with Crippen LogP contribution in [0.15, 0.2) is 12.2 Å². The van der Waals surface area contributed by atoms with E-state index in [2.05, 4.69) is 19.1 Å². The minimum atomic E-state index is -1.19. The number of carbonyl (C=O) groups excluding carboxylic acids is 1. The molecule has 0 radical (unpaired) electrons. The van der Waals surface area contributed by atoms with Crippen LogP contribution in [0.2, 0.25) is 0 Å². The number of aliphatic carboxylic acids is 3. The average Bonchev–Trinajstić information content (AvgIpc) is 2.63. The lowest BCUT2D eigenvalue weighted by atomic mass is 10.1. The Labute approximate surface area is 168 Å². The molecule has 0 aliphatic rings. The van der Waals surface area contributed by atoms with Crippen molar-refractivity contribution < 1.29 is 34.2 Å². The summed E-state index contributed by atoms with van der Waals surface area (Å²) in [7, 11) is 0. The first-order valence-electron chi connectivity index (χ1n) is 10.4. The number of carbonyl (C=O) groups is 3. The van der Waals surface area contributed by atoms with E-state index in [1.54, 1.807) is 0 Å². The molecule has 0 atom stereocenters. The summed E-state index contributed by atoms with van der Waals surface area (Å²) >= 11 is 0. The molecule has 0 fully saturated rings. The average molecular weight is 400 g/mol. The minimum absolute atomic E-state index is 0.0993. The van der Waals surface area contributed by atoms with E-state index >= 15 is 0 Å². The van der Waals surface area contributed by atoms with Crippen molar-refractivity contribution >= 4 is 17.9 Å². The van der Waals surface area contributed by atoms with Crippen LogP contribution in [0.3, 0.4) is 0 Å². The molecule has 7 nitrogen and oxygen atoms in total. The molecule has 0 heterocycles. The van der Waals surface area contributed by atoms with Gasteiger partial charge in [-0.3, -0.25) is 9.59 Å². The largest absolute Gasteiger partial charge is 0.550 e. The molecule has 0 aromatic rings. The van der Waals surface area contributed by atoms with E-state index in [4.69, 9.17) is 10.2 Å². The summed E-state index contributed by atoms with van der Waals surface area (Å²) in [6.07, 6.45) is 12.6. The number of quaternary nitrogens is 1. The predicted molar refractivity (Wildman–Crippen MR) is 106 cm³/mol. The van der Waals surface area contributed by atoms with Gasteiger partial charge in [0, 0.05) is 12.4 Å². The molecule has 0 amide bonds. The van der Waals surface area contributed by atoms with E-state index in [9.17, 15) is 19.5 Å². The zero-order valence-electron chi connectivity index (χ0n) is 17.2. The highest BCUT2D eigenvalue weighted by Gasteiger charge is 2.28. The molecule has 0 saturated carbocycles. The van der Waals surface area contributed by atoms with Gasteiger partial charge in [-0.25, -0.2) is 0 Å². The Kier molecular flexibility index (Phi) is 15.0. The topological polar surface area (TPSA) is 115 Å². The molecule has 0 bridgehead atoms. The molecule has 0 saturated heterocycles. The Morgan fingerprint density at radius 3 is 1.75 bits per heavy atom. The Bertz CT molecular complexity index is 444. The van der Waals surface area contributed by atoms with Crippen LogP contribution >= 0.6 is 0 Å². The summed E-state index contributed by atoms with van der Waals surface area (Å²) in [5.41, 5.74) is 0. The molecular weight excluding hydrogens is 362 g/mol. The maximum absolute atomic E-state index is 11.0. The van der Waals surface area contributed by atoms with Gasteiger partial charge in [-0.1, -0.05) is 38.3 Å². The maximum atomic E-state index is 11.0. The molecule has 0 spiro atoms. The molecule has 28 heavy (non-hydrogen) atoms. The molecule has 0 aliphatic carbocycles. The highest BCUT2D eigenvalue weighted by atomic mass is 16.4. The van der Waals surface area contributed by atoms with Crippen LogP contribution in [-0.4, -0.2) is 58.8 Å². The second-order valence-electron chi connectivity index (χ2n) is 7.44. The Hall–Kier alpha value is -1.89. The molecule has 0 aliphatic heterocycles. The van der Waals surface area contributed by atoms with Crippen LogP contribution < -0.4 is 5.11 Å². The fourth-order valence-electron chi connectivity index (χ4n) is 3.37. The van der Waals surface area contributed by atoms with Gasteiger partial charge in [0.15, 0.2) is 0 Å². The van der Waals surface area contributed by atoms with Crippen LogP contribution in [0.25, 0.3) is 0 Å². The van der Waals surface area contributed by atoms with Gasteiger partial charge in [-0.2, -0.15) is 0 Å². The van der Waals surface area contributed by atoms with Crippen LogP contribution in [0.4, 0.5) is 0 Å². The number of unbranched alkanes of at least 4 members (excludes halogenated alkanes) is 6. The second-order valence-corrected chi connectivity index (χ2v) is 7.44. The summed E-state index contributed by atoms with van der Waals surface area (Å²) in [5, 5.41) is 28.9. The van der Waals surface area contributed by atoms with Crippen LogP contribution in [0.1, 0.15) is 77.6 Å². The van der Waals surface area contributed by atoms with Crippen molar-refractivity contribution in [3.63, 3.8) is 0 Å². The van der Waals surface area contributed by atoms with E-state index in [1.165, 1.54) is 12.8 Å². The molecule has 2 N–H and O–H groups in total. The Morgan fingerprint density at radius 2 is 1.25 bits per heavy atom. The third kappa shape index (κ3) is 15.2. The third-order valence-electron chi connectivity index (χ3n) is 5.05. The van der Waals surface area contributed by atoms with Crippen molar-refractivity contribution in [2.24, 2.45) is 0 Å². The van der Waals surface area contributed by atoms with Gasteiger partial charge in [-0.05, 0) is 32.1 Å². The highest BCUT2D eigenvalue weighted by Crippen LogP contribution is 2.16. The van der Waals surface area contributed by atoms with Crippen molar-refractivity contribution in [2.45, 2.75) is 77.6 Å². The third-order valence-corrected chi connectivity index (χ3v) is 5.05. The monoisotopic (exact) mass is 399 g/mol. The first-order chi connectivity index (χ1) is 13.3. The van der Waals surface area contributed by atoms with E-state index < -0.39 is 17.9 Å². The van der Waals surface area contributed by atoms with Gasteiger partial charge >= 0.3 is 11.9 Å². The van der Waals surface area contributed by atoms with Crippen molar-refractivity contribution in [1.29, 1.82) is 0 Å². The number of rotatable bonds is 19. The number of carboxylic acid groups (broad SMARTS) is 3. The molecular formula is C21H37NO6. The smallest absolute Gasteiger partial charge is 0.309 e. The molecule has 162 valence electrons. The zero-order valence-corrected chi connectivity index (χ0v) is 17.2. The molecule has 0 rings (SSSR count). The van der Waals surface area contributed by atoms with Crippen molar-refractivity contribution in [3.8, 4) is 0 Å². The quantitative estimate of drug-likeness (QED) is 0.196. The normalized spacial score (nSPS) is 11.8. The predicted octanol–water partition coefficient (Wildman–Crippen LogP) is 2.59. The van der Waals surface area contributed by atoms with Gasteiger partial charge in [0.1, 0.15) is 0 Å². The Morgan fingerprint density at radius 1 is 0.750 bits per heavy atom. The Balaban J connectivity index is 4.49. The SMILES string of the molecule is CC/C=C/CCCCCCCC[N+](CCC(=O)[O-])(CCC(=O)O)CCC(=O)O. The lowest BCUT2D eigenvalue weighted by Gasteiger charge is -2.38. The van der Waals surface area contributed by atoms with Crippen molar-refractivity contribution in [1.82, 2.24) is 0 Å². The lowest BCUT2D eigenvalue weighted by molar-refractivity contribution is -0.927. The first-order valence-corrected chi connectivity index (χ1v) is 10.4. The number of carboxylic acids is 3. The van der Waals surface area contributed by atoms with Gasteiger partial charge in [0.25, 0.3) is 0 Å². The summed E-state index contributed by atoms with van der Waals surface area (Å²) in [5.74, 6) is -3.10. The number of allylic oxidation sites excluding steroid dienone is 2. The molecule has 0 aromatic heterocycles. The first kappa shape index (κ1) is 26.1. The van der Waals surface area contributed by atoms with Gasteiger partial charge in [0.05, 0.1) is 39.0 Å². The van der Waals surface area contributed by atoms with Gasteiger partial charge in [-0.15, -0.1) is 0 Å². The number of hydrogen-bond donors (Lipinski definition) is 2. The lowest BCUT2D eigenvalue weighted by Crippen LogP contribution is -2.53. The second kappa shape index (κ2) is 16.1. The number of hydrogen-bond acceptors (Lipinski definition) is 4. The van der Waals surface area contributed by atoms with E-state index in [-0.39, 0.29) is 43.4 Å². The summed E-state index contributed by atoms with van der Waals surface area (Å²) in [6.45, 7) is 3.44. The fraction of sp³-hybridized carbons (Fsp3) is 0.762. The van der Waals surface area contributed by atoms with Crippen molar-refractivity contribution in [2.75, 3.05) is 26.2 Å². The zero-order chi connectivity index (χ0) is 21.3. The highest BCUT2D eigenvalue weighted by molar-refractivity contribution is 5.67.